The molecule has 76 valence electrons. The number of hydrogen-bond acceptors (Lipinski definition) is 5. The van der Waals surface area contributed by atoms with Crippen LogP contribution in [0, 0.1) is 0 Å². The Bertz CT molecular complexity index is 139. The van der Waals surface area contributed by atoms with Gasteiger partial charge in [0.1, 0.15) is 0 Å². The first-order chi connectivity index (χ1) is 4.04. The Morgan fingerprint density at radius 1 is 1.07 bits per heavy atom. The number of rotatable bonds is 3. The molecule has 0 aromatic rings. The van der Waals surface area contributed by atoms with Crippen molar-refractivity contribution in [1.82, 2.24) is 0 Å². The van der Waals surface area contributed by atoms with Crippen LogP contribution in [0.3, 0.4) is 0 Å². The fourth-order valence-electron chi connectivity index (χ4n) is 0.241. The number of aliphatic carboxylic acids is 2. The second-order valence-corrected chi connectivity index (χ2v) is 1.41. The molecule has 0 saturated heterocycles. The summed E-state index contributed by atoms with van der Waals surface area (Å²) in [5.74, 6) is -3.43. The summed E-state index contributed by atoms with van der Waals surface area (Å²) in [6.45, 7) is 0. The standard InChI is InChI=1S/C4H6O5.2Na.3H2O/c5-2(4(8)9)1-3(6)7;;;;;/h2,5H,1H2,(H,6,7)(H,8,9);;;3*1H2/q;2*+1;;;/p-2. The van der Waals surface area contributed by atoms with Crippen molar-refractivity contribution in [3.8, 4) is 0 Å². The minimum atomic E-state index is -1.96. The van der Waals surface area contributed by atoms with Gasteiger partial charge in [0, 0.05) is 12.4 Å². The monoisotopic (exact) mass is 232 g/mol. The van der Waals surface area contributed by atoms with E-state index in [-0.39, 0.29) is 75.5 Å². The first kappa shape index (κ1) is 36.4. The van der Waals surface area contributed by atoms with Gasteiger partial charge in [0.2, 0.25) is 0 Å². The molecular weight excluding hydrogens is 222 g/mol. The van der Waals surface area contributed by atoms with E-state index in [0.717, 1.165) is 0 Å². The second-order valence-electron chi connectivity index (χ2n) is 1.41. The summed E-state index contributed by atoms with van der Waals surface area (Å²) in [6.07, 6.45) is -2.89. The molecule has 0 aliphatic heterocycles. The quantitative estimate of drug-likeness (QED) is 0.470. The average molecular weight is 232 g/mol. The molecule has 1 unspecified atom stereocenters. The maximum Gasteiger partial charge on any atom is 1.00 e. The number of hydrogen-bond donors (Lipinski definition) is 1. The molecule has 0 aliphatic carbocycles. The Morgan fingerprint density at radius 2 is 1.36 bits per heavy atom. The Hall–Kier alpha value is 0.780. The Labute approximate surface area is 124 Å². The van der Waals surface area contributed by atoms with E-state index < -0.39 is 24.5 Å². The normalized spacial score (nSPS) is 8.07. The van der Waals surface area contributed by atoms with Gasteiger partial charge >= 0.3 is 59.1 Å². The third-order valence-corrected chi connectivity index (χ3v) is 0.632. The summed E-state index contributed by atoms with van der Waals surface area (Å²) in [4.78, 5) is 19.1. The van der Waals surface area contributed by atoms with E-state index in [0.29, 0.717) is 0 Å². The molecule has 0 aromatic heterocycles. The molecule has 0 rings (SSSR count). The topological polar surface area (TPSA) is 195 Å². The van der Waals surface area contributed by atoms with Crippen LogP contribution < -0.4 is 69.3 Å². The van der Waals surface area contributed by atoms with Crippen molar-refractivity contribution in [2.75, 3.05) is 0 Å². The summed E-state index contributed by atoms with van der Waals surface area (Å²) in [6, 6.07) is 0. The Morgan fingerprint density at radius 3 is 1.43 bits per heavy atom. The molecule has 0 fully saturated rings. The number of carbonyl (C=O) groups is 2. The largest absolute Gasteiger partial charge is 1.00 e. The zero-order valence-electron chi connectivity index (χ0n) is 7.86. The van der Waals surface area contributed by atoms with Gasteiger partial charge in [-0.25, -0.2) is 0 Å². The average Bonchev–Trinajstić information content (AvgIpc) is 1.63. The number of carboxylic acids is 2. The van der Waals surface area contributed by atoms with Crippen molar-refractivity contribution in [2.45, 2.75) is 12.5 Å². The van der Waals surface area contributed by atoms with Crippen LogP contribution in [0.15, 0.2) is 0 Å². The first-order valence-corrected chi connectivity index (χ1v) is 2.13. The zero-order valence-corrected chi connectivity index (χ0v) is 11.9. The van der Waals surface area contributed by atoms with Crippen molar-refractivity contribution < 1.29 is 100 Å². The molecule has 8 nitrogen and oxygen atoms in total. The maximum atomic E-state index is 9.58. The third kappa shape index (κ3) is 23.0. The van der Waals surface area contributed by atoms with E-state index in [1.165, 1.54) is 0 Å². The number of aliphatic hydroxyl groups is 1. The number of aliphatic hydroxyl groups excluding tert-OH is 1. The predicted octanol–water partition coefficient (Wildman–Crippen LogP) is -12.2. The van der Waals surface area contributed by atoms with E-state index in [9.17, 15) is 19.8 Å². The fourth-order valence-corrected chi connectivity index (χ4v) is 0.241. The SMILES string of the molecule is O.O.O.O=C([O-])CC(O)C(=O)[O-].[Na+].[Na+]. The Kier molecular flexibility index (Phi) is 50.4. The first-order valence-electron chi connectivity index (χ1n) is 2.13. The van der Waals surface area contributed by atoms with Crippen LogP contribution in [-0.4, -0.2) is 39.6 Å². The molecule has 7 N–H and O–H groups in total. The molecule has 0 amide bonds. The zero-order chi connectivity index (χ0) is 7.44. The van der Waals surface area contributed by atoms with Crippen LogP contribution in [0.5, 0.6) is 0 Å². The molecule has 0 radical (unpaired) electrons. The molecule has 14 heavy (non-hydrogen) atoms. The van der Waals surface area contributed by atoms with Crippen molar-refractivity contribution in [3.63, 3.8) is 0 Å². The molecular formula is C4H10Na2O8. The van der Waals surface area contributed by atoms with Gasteiger partial charge in [0.05, 0.1) is 12.1 Å². The van der Waals surface area contributed by atoms with Gasteiger partial charge in [0.25, 0.3) is 0 Å². The van der Waals surface area contributed by atoms with Crippen molar-refractivity contribution in [1.29, 1.82) is 0 Å². The van der Waals surface area contributed by atoms with Crippen LogP contribution in [0.25, 0.3) is 0 Å². The van der Waals surface area contributed by atoms with E-state index in [1.807, 2.05) is 0 Å². The second kappa shape index (κ2) is 19.4. The van der Waals surface area contributed by atoms with E-state index in [4.69, 9.17) is 5.11 Å². The molecule has 0 spiro atoms. The smallest absolute Gasteiger partial charge is 0.550 e. The summed E-state index contributed by atoms with van der Waals surface area (Å²) >= 11 is 0. The van der Waals surface area contributed by atoms with Gasteiger partial charge in [-0.15, -0.1) is 0 Å². The van der Waals surface area contributed by atoms with Gasteiger partial charge in [-0.3, -0.25) is 0 Å². The fraction of sp³-hybridized carbons (Fsp3) is 0.500. The van der Waals surface area contributed by atoms with E-state index in [1.54, 1.807) is 0 Å². The minimum Gasteiger partial charge on any atom is -0.550 e. The van der Waals surface area contributed by atoms with Crippen LogP contribution in [0.4, 0.5) is 0 Å². The van der Waals surface area contributed by atoms with Gasteiger partial charge in [0.15, 0.2) is 0 Å². The van der Waals surface area contributed by atoms with Crippen LogP contribution >= 0.6 is 0 Å². The molecule has 0 saturated carbocycles. The van der Waals surface area contributed by atoms with Crippen LogP contribution in [0.1, 0.15) is 6.42 Å². The van der Waals surface area contributed by atoms with E-state index >= 15 is 0 Å². The molecule has 1 atom stereocenters. The van der Waals surface area contributed by atoms with Crippen molar-refractivity contribution in [3.05, 3.63) is 0 Å². The summed E-state index contributed by atoms with van der Waals surface area (Å²) < 4.78 is 0. The molecule has 10 heteroatoms. The summed E-state index contributed by atoms with van der Waals surface area (Å²) in [7, 11) is 0. The van der Waals surface area contributed by atoms with Crippen molar-refractivity contribution >= 4 is 11.9 Å². The van der Waals surface area contributed by atoms with Gasteiger partial charge in [-0.1, -0.05) is 0 Å². The van der Waals surface area contributed by atoms with Crippen LogP contribution in [-0.2, 0) is 9.59 Å². The number of carbonyl (C=O) groups excluding carboxylic acids is 2. The minimum absolute atomic E-state index is 0. The number of carboxylic acid groups (broad SMARTS) is 2. The van der Waals surface area contributed by atoms with Crippen LogP contribution in [0.2, 0.25) is 0 Å². The summed E-state index contributed by atoms with van der Waals surface area (Å²) in [5.41, 5.74) is 0. The molecule has 0 heterocycles. The molecule has 0 bridgehead atoms. The Balaban J connectivity index is -0.0000000320. The maximum absolute atomic E-state index is 9.58. The van der Waals surface area contributed by atoms with Crippen molar-refractivity contribution in [2.24, 2.45) is 0 Å². The molecule has 0 aliphatic rings. The predicted molar refractivity (Wildman–Crippen MR) is 31.5 cm³/mol. The van der Waals surface area contributed by atoms with Gasteiger partial charge in [-0.05, 0) is 0 Å². The molecule has 0 aromatic carbocycles. The van der Waals surface area contributed by atoms with Gasteiger partial charge < -0.3 is 41.3 Å². The summed E-state index contributed by atoms with van der Waals surface area (Å²) in [5, 5.41) is 27.3. The van der Waals surface area contributed by atoms with E-state index in [2.05, 4.69) is 0 Å². The third-order valence-electron chi connectivity index (χ3n) is 0.632. The van der Waals surface area contributed by atoms with Gasteiger partial charge in [-0.2, -0.15) is 0 Å².